The summed E-state index contributed by atoms with van der Waals surface area (Å²) in [6, 6.07) is 8.42. The van der Waals surface area contributed by atoms with Crippen molar-refractivity contribution in [1.82, 2.24) is 9.88 Å². The lowest BCUT2D eigenvalue weighted by atomic mass is 9.91. The van der Waals surface area contributed by atoms with Gasteiger partial charge in [-0.05, 0) is 64.0 Å². The Morgan fingerprint density at radius 2 is 2.11 bits per heavy atom. The highest BCUT2D eigenvalue weighted by molar-refractivity contribution is 6.41. The SMILES string of the molecule is C/C=C(\NC(=NC)C(C)=NCC)c1cc2cccc(C)c2c(=O)n1C1CCC1. The number of benzene rings is 1. The maximum absolute atomic E-state index is 13.5. The van der Waals surface area contributed by atoms with Crippen molar-refractivity contribution in [2.75, 3.05) is 13.6 Å². The zero-order valence-electron chi connectivity index (χ0n) is 17.5. The number of pyridine rings is 1. The van der Waals surface area contributed by atoms with Crippen molar-refractivity contribution in [2.24, 2.45) is 9.98 Å². The molecule has 0 amide bonds. The monoisotopic (exact) mass is 378 g/mol. The number of aryl methyl sites for hydroxylation is 1. The van der Waals surface area contributed by atoms with Gasteiger partial charge in [0, 0.05) is 19.6 Å². The molecule has 1 saturated carbocycles. The summed E-state index contributed by atoms with van der Waals surface area (Å²) in [5.74, 6) is 0.729. The number of aromatic nitrogens is 1. The molecular weight excluding hydrogens is 348 g/mol. The molecule has 0 spiro atoms. The van der Waals surface area contributed by atoms with E-state index < -0.39 is 0 Å². The number of aliphatic imine (C=N–C) groups is 2. The van der Waals surface area contributed by atoms with Gasteiger partial charge in [0.25, 0.3) is 5.56 Å². The van der Waals surface area contributed by atoms with Crippen LogP contribution in [0.5, 0.6) is 0 Å². The van der Waals surface area contributed by atoms with Crippen LogP contribution in [0.4, 0.5) is 0 Å². The van der Waals surface area contributed by atoms with E-state index in [1.54, 1.807) is 7.05 Å². The number of nitrogens with one attached hydrogen (secondary N) is 1. The van der Waals surface area contributed by atoms with Gasteiger partial charge in [0.15, 0.2) is 0 Å². The molecule has 1 aliphatic rings. The third kappa shape index (κ3) is 3.66. The van der Waals surface area contributed by atoms with E-state index >= 15 is 0 Å². The molecule has 5 heteroatoms. The Kier molecular flexibility index (Phi) is 6.12. The Bertz CT molecular complexity index is 1020. The van der Waals surface area contributed by atoms with Crippen molar-refractivity contribution in [3.63, 3.8) is 0 Å². The van der Waals surface area contributed by atoms with Gasteiger partial charge in [-0.2, -0.15) is 0 Å². The molecule has 5 nitrogen and oxygen atoms in total. The molecule has 1 N–H and O–H groups in total. The number of hydrogen-bond acceptors (Lipinski definition) is 3. The molecule has 3 rings (SSSR count). The van der Waals surface area contributed by atoms with E-state index in [0.29, 0.717) is 6.54 Å². The smallest absolute Gasteiger partial charge is 0.259 e. The first-order chi connectivity index (χ1) is 13.5. The molecule has 1 aromatic heterocycles. The lowest BCUT2D eigenvalue weighted by Gasteiger charge is -2.31. The standard InChI is InChI=1S/C23H30N4O/c1-6-19(26-22(24-5)16(4)25-7-2)20-14-17-11-8-10-15(3)21(17)23(28)27(20)18-12-9-13-18/h6,8,10-11,14,18H,7,9,12-13H2,1-5H3,(H,24,26)/b19-6-,25-16?. The van der Waals surface area contributed by atoms with Crippen molar-refractivity contribution in [3.05, 3.63) is 52.0 Å². The van der Waals surface area contributed by atoms with Gasteiger partial charge < -0.3 is 9.88 Å². The summed E-state index contributed by atoms with van der Waals surface area (Å²) in [7, 11) is 1.76. The minimum absolute atomic E-state index is 0.102. The van der Waals surface area contributed by atoms with Gasteiger partial charge in [-0.15, -0.1) is 0 Å². The van der Waals surface area contributed by atoms with E-state index in [4.69, 9.17) is 0 Å². The number of allylic oxidation sites excluding steroid dienone is 1. The Hall–Kier alpha value is -2.69. The van der Waals surface area contributed by atoms with Crippen LogP contribution >= 0.6 is 0 Å². The third-order valence-corrected chi connectivity index (χ3v) is 5.51. The lowest BCUT2D eigenvalue weighted by Crippen LogP contribution is -2.35. The van der Waals surface area contributed by atoms with Crippen LogP contribution in [0.1, 0.15) is 57.3 Å². The molecule has 2 aromatic rings. The molecule has 1 aromatic carbocycles. The Morgan fingerprint density at radius 3 is 2.68 bits per heavy atom. The second-order valence-electron chi connectivity index (χ2n) is 7.29. The van der Waals surface area contributed by atoms with Gasteiger partial charge in [-0.3, -0.25) is 14.8 Å². The van der Waals surface area contributed by atoms with Crippen molar-refractivity contribution in [2.45, 2.75) is 53.0 Å². The fraction of sp³-hybridized carbons (Fsp3) is 0.435. The van der Waals surface area contributed by atoms with E-state index in [1.165, 1.54) is 6.42 Å². The van der Waals surface area contributed by atoms with Crippen molar-refractivity contribution < 1.29 is 0 Å². The third-order valence-electron chi connectivity index (χ3n) is 5.51. The van der Waals surface area contributed by atoms with Crippen LogP contribution in [0.15, 0.2) is 45.1 Å². The largest absolute Gasteiger partial charge is 0.338 e. The Balaban J connectivity index is 2.17. The molecule has 0 bridgehead atoms. The zero-order valence-corrected chi connectivity index (χ0v) is 17.5. The van der Waals surface area contributed by atoms with E-state index in [1.807, 2.05) is 56.5 Å². The highest BCUT2D eigenvalue weighted by Gasteiger charge is 2.25. The normalized spacial score (nSPS) is 16.4. The summed E-state index contributed by atoms with van der Waals surface area (Å²) in [4.78, 5) is 22.3. The topological polar surface area (TPSA) is 58.8 Å². The number of amidine groups is 1. The van der Waals surface area contributed by atoms with E-state index in [2.05, 4.69) is 21.4 Å². The summed E-state index contributed by atoms with van der Waals surface area (Å²) in [5.41, 5.74) is 3.79. The molecule has 0 atom stereocenters. The summed E-state index contributed by atoms with van der Waals surface area (Å²) in [6.45, 7) is 8.66. The average molecular weight is 379 g/mol. The highest BCUT2D eigenvalue weighted by atomic mass is 16.1. The van der Waals surface area contributed by atoms with E-state index in [-0.39, 0.29) is 11.6 Å². The minimum Gasteiger partial charge on any atom is -0.338 e. The van der Waals surface area contributed by atoms with Crippen LogP contribution in [-0.4, -0.2) is 29.7 Å². The second-order valence-corrected chi connectivity index (χ2v) is 7.29. The minimum atomic E-state index is 0.102. The molecule has 0 radical (unpaired) electrons. The summed E-state index contributed by atoms with van der Waals surface area (Å²) >= 11 is 0. The maximum Gasteiger partial charge on any atom is 0.259 e. The lowest BCUT2D eigenvalue weighted by molar-refractivity contribution is 0.305. The maximum atomic E-state index is 13.5. The van der Waals surface area contributed by atoms with Gasteiger partial charge in [0.1, 0.15) is 5.84 Å². The summed E-state index contributed by atoms with van der Waals surface area (Å²) in [6.07, 6.45) is 5.28. The van der Waals surface area contributed by atoms with Gasteiger partial charge >= 0.3 is 0 Å². The molecule has 0 saturated heterocycles. The fourth-order valence-electron chi connectivity index (χ4n) is 3.80. The van der Waals surface area contributed by atoms with Crippen LogP contribution < -0.4 is 10.9 Å². The molecule has 0 unspecified atom stereocenters. The van der Waals surface area contributed by atoms with Gasteiger partial charge in [-0.25, -0.2) is 0 Å². The average Bonchev–Trinajstić information content (AvgIpc) is 2.63. The summed E-state index contributed by atoms with van der Waals surface area (Å²) < 4.78 is 1.99. The first-order valence-electron chi connectivity index (χ1n) is 10.1. The molecule has 148 valence electrons. The predicted octanol–water partition coefficient (Wildman–Crippen LogP) is 4.49. The summed E-state index contributed by atoms with van der Waals surface area (Å²) in [5, 5.41) is 5.22. The van der Waals surface area contributed by atoms with Crippen LogP contribution in [0.25, 0.3) is 16.5 Å². The molecule has 0 aliphatic heterocycles. The van der Waals surface area contributed by atoms with Crippen molar-refractivity contribution in [1.29, 1.82) is 0 Å². The van der Waals surface area contributed by atoms with Crippen LogP contribution in [0.2, 0.25) is 0 Å². The molecule has 1 fully saturated rings. The Labute approximate surface area is 166 Å². The van der Waals surface area contributed by atoms with E-state index in [0.717, 1.165) is 52.1 Å². The van der Waals surface area contributed by atoms with Crippen LogP contribution in [0.3, 0.4) is 0 Å². The first kappa shape index (κ1) is 20.1. The zero-order chi connectivity index (χ0) is 20.3. The molecular formula is C23H30N4O. The van der Waals surface area contributed by atoms with Crippen LogP contribution in [-0.2, 0) is 0 Å². The number of nitrogens with zero attached hydrogens (tertiary/aromatic N) is 3. The highest BCUT2D eigenvalue weighted by Crippen LogP contribution is 2.33. The number of hydrogen-bond donors (Lipinski definition) is 1. The first-order valence-corrected chi connectivity index (χ1v) is 10.1. The van der Waals surface area contributed by atoms with Gasteiger partial charge in [0.2, 0.25) is 0 Å². The van der Waals surface area contributed by atoms with Crippen LogP contribution in [0, 0.1) is 6.92 Å². The quantitative estimate of drug-likeness (QED) is 0.615. The molecule has 28 heavy (non-hydrogen) atoms. The Morgan fingerprint density at radius 1 is 1.36 bits per heavy atom. The fourth-order valence-corrected chi connectivity index (χ4v) is 3.80. The van der Waals surface area contributed by atoms with Gasteiger partial charge in [0.05, 0.1) is 22.5 Å². The molecule has 1 heterocycles. The number of rotatable bonds is 5. The van der Waals surface area contributed by atoms with Crippen molar-refractivity contribution in [3.8, 4) is 0 Å². The second kappa shape index (κ2) is 8.55. The van der Waals surface area contributed by atoms with Gasteiger partial charge in [-0.1, -0.05) is 24.3 Å². The molecule has 1 aliphatic carbocycles. The predicted molar refractivity (Wildman–Crippen MR) is 120 cm³/mol. The van der Waals surface area contributed by atoms with E-state index in [9.17, 15) is 4.79 Å². The van der Waals surface area contributed by atoms with Crippen molar-refractivity contribution >= 4 is 28.0 Å². The number of fused-ring (bicyclic) bond motifs is 1.